The number of nitrogens with one attached hydrogen (secondary N) is 1. The van der Waals surface area contributed by atoms with Crippen molar-refractivity contribution in [3.8, 4) is 5.75 Å². The van der Waals surface area contributed by atoms with Crippen molar-refractivity contribution in [3.63, 3.8) is 0 Å². The van der Waals surface area contributed by atoms with E-state index < -0.39 is 15.8 Å². The van der Waals surface area contributed by atoms with Crippen LogP contribution in [0.1, 0.15) is 31.4 Å². The zero-order valence-electron chi connectivity index (χ0n) is 20.0. The molecule has 2 N–H and O–H groups in total. The summed E-state index contributed by atoms with van der Waals surface area (Å²) in [5, 5.41) is 13.9. The van der Waals surface area contributed by atoms with E-state index in [2.05, 4.69) is 12.2 Å². The molecule has 0 fully saturated rings. The van der Waals surface area contributed by atoms with Gasteiger partial charge in [-0.2, -0.15) is 0 Å². The van der Waals surface area contributed by atoms with Crippen molar-refractivity contribution in [3.05, 3.63) is 52.5 Å². The molecule has 0 saturated carbocycles. The minimum atomic E-state index is -3.36. The number of halogens is 1. The van der Waals surface area contributed by atoms with E-state index in [0.29, 0.717) is 34.4 Å². The molecule has 0 aliphatic heterocycles. The fourth-order valence-electron chi connectivity index (χ4n) is 3.74. The van der Waals surface area contributed by atoms with Crippen LogP contribution < -0.4 is 10.1 Å². The number of carboxylic acids is 1. The van der Waals surface area contributed by atoms with E-state index in [4.69, 9.17) is 21.4 Å². The smallest absolute Gasteiger partial charge is 0.341 e. The Morgan fingerprint density at radius 2 is 2.03 bits per heavy atom. The van der Waals surface area contributed by atoms with E-state index in [1.165, 1.54) is 11.3 Å². The van der Waals surface area contributed by atoms with Crippen LogP contribution in [-0.2, 0) is 21.1 Å². The molecule has 1 aromatic heterocycles. The van der Waals surface area contributed by atoms with Gasteiger partial charge in [0.15, 0.2) is 16.4 Å². The average molecular weight is 556 g/mol. The summed E-state index contributed by atoms with van der Waals surface area (Å²) >= 11 is 9.15. The van der Waals surface area contributed by atoms with E-state index in [1.807, 2.05) is 38.1 Å². The fraction of sp³-hybridized carbons (Fsp3) is 0.400. The van der Waals surface area contributed by atoms with Gasteiger partial charge < -0.3 is 15.2 Å². The molecule has 0 radical (unpaired) electrons. The molecule has 6 nitrogen and oxygen atoms in total. The molecule has 0 spiro atoms. The largest absolute Gasteiger partial charge is 0.482 e. The van der Waals surface area contributed by atoms with Crippen molar-refractivity contribution in [2.24, 2.45) is 0 Å². The molecule has 0 aliphatic rings. The molecule has 1 atom stereocenters. The SMILES string of the molecule is CCc1c(S(=O)(=O)CCCNCC(C)Sc2ccc(OCC(=O)O)c(C)c2)sc2ccc(Cl)cc12. The van der Waals surface area contributed by atoms with Crippen LogP contribution in [0.15, 0.2) is 45.5 Å². The average Bonchev–Trinajstić information content (AvgIpc) is 3.16. The number of carbonyl (C=O) groups is 1. The van der Waals surface area contributed by atoms with Gasteiger partial charge >= 0.3 is 5.97 Å². The summed E-state index contributed by atoms with van der Waals surface area (Å²) in [5.41, 5.74) is 1.75. The summed E-state index contributed by atoms with van der Waals surface area (Å²) < 4.78 is 32.8. The quantitative estimate of drug-likeness (QED) is 0.203. The van der Waals surface area contributed by atoms with Gasteiger partial charge in [-0.25, -0.2) is 13.2 Å². The maximum Gasteiger partial charge on any atom is 0.341 e. The van der Waals surface area contributed by atoms with Crippen LogP contribution in [0.25, 0.3) is 10.1 Å². The molecule has 10 heteroatoms. The first-order valence-corrected chi connectivity index (χ1v) is 15.1. The molecule has 0 aliphatic carbocycles. The number of carboxylic acid groups (broad SMARTS) is 1. The second-order valence-corrected chi connectivity index (χ2v) is 13.6. The number of ether oxygens (including phenoxy) is 1. The van der Waals surface area contributed by atoms with E-state index in [1.54, 1.807) is 23.9 Å². The summed E-state index contributed by atoms with van der Waals surface area (Å²) in [6.45, 7) is 6.96. The molecule has 0 bridgehead atoms. The minimum Gasteiger partial charge on any atom is -0.482 e. The van der Waals surface area contributed by atoms with Crippen LogP contribution in [0.3, 0.4) is 0 Å². The normalized spacial score (nSPS) is 12.7. The minimum absolute atomic E-state index is 0.103. The highest BCUT2D eigenvalue weighted by Gasteiger charge is 2.23. The highest BCUT2D eigenvalue weighted by Crippen LogP contribution is 2.37. The molecule has 2 aromatic carbocycles. The van der Waals surface area contributed by atoms with Crippen LogP contribution in [-0.4, -0.2) is 50.2 Å². The van der Waals surface area contributed by atoms with Crippen LogP contribution in [0.5, 0.6) is 5.75 Å². The Hall–Kier alpha value is -1.78. The summed E-state index contributed by atoms with van der Waals surface area (Å²) in [4.78, 5) is 11.7. The molecule has 1 unspecified atom stereocenters. The van der Waals surface area contributed by atoms with Crippen molar-refractivity contribution in [1.29, 1.82) is 0 Å². The highest BCUT2D eigenvalue weighted by atomic mass is 35.5. The first-order valence-electron chi connectivity index (χ1n) is 11.4. The zero-order valence-corrected chi connectivity index (χ0v) is 23.2. The number of aliphatic carboxylic acids is 1. The van der Waals surface area contributed by atoms with Crippen molar-refractivity contribution in [2.45, 2.75) is 48.0 Å². The predicted octanol–water partition coefficient (Wildman–Crippen LogP) is 5.82. The Morgan fingerprint density at radius 1 is 1.26 bits per heavy atom. The Bertz CT molecular complexity index is 1290. The van der Waals surface area contributed by atoms with Crippen molar-refractivity contribution < 1.29 is 23.1 Å². The van der Waals surface area contributed by atoms with Gasteiger partial charge in [-0.1, -0.05) is 25.4 Å². The van der Waals surface area contributed by atoms with Crippen molar-refractivity contribution in [2.75, 3.05) is 25.4 Å². The molecular formula is C25H30ClNO5S3. The van der Waals surface area contributed by atoms with Crippen LogP contribution in [0.2, 0.25) is 5.02 Å². The van der Waals surface area contributed by atoms with Gasteiger partial charge in [0.25, 0.3) is 0 Å². The van der Waals surface area contributed by atoms with Gasteiger partial charge in [0.05, 0.1) is 5.75 Å². The molecule has 0 saturated heterocycles. The van der Waals surface area contributed by atoms with Crippen molar-refractivity contribution in [1.82, 2.24) is 5.32 Å². The maximum atomic E-state index is 13.1. The van der Waals surface area contributed by atoms with E-state index >= 15 is 0 Å². The molecule has 3 rings (SSSR count). The Kier molecular flexibility index (Phi) is 9.89. The standard InChI is InChI=1S/C25H30ClNO5S3/c1-4-20-21-13-18(26)6-9-23(21)34-25(20)35(30,31)11-5-10-27-14-17(3)33-19-7-8-22(16(2)12-19)32-15-24(28)29/h6-9,12-13,17,27H,4-5,10-11,14-15H2,1-3H3,(H,28,29). The lowest BCUT2D eigenvalue weighted by molar-refractivity contribution is -0.139. The number of aryl methyl sites for hydroxylation is 2. The summed E-state index contributed by atoms with van der Waals surface area (Å²) in [5.74, 6) is -0.335. The highest BCUT2D eigenvalue weighted by molar-refractivity contribution is 8.00. The van der Waals surface area contributed by atoms with Crippen molar-refractivity contribution >= 4 is 60.6 Å². The van der Waals surface area contributed by atoms with Crippen LogP contribution in [0.4, 0.5) is 0 Å². The lowest BCUT2D eigenvalue weighted by atomic mass is 10.1. The summed E-state index contributed by atoms with van der Waals surface area (Å²) in [6.07, 6.45) is 1.18. The van der Waals surface area contributed by atoms with E-state index in [0.717, 1.165) is 32.7 Å². The van der Waals surface area contributed by atoms with Crippen LogP contribution >= 0.6 is 34.7 Å². The lowest BCUT2D eigenvalue weighted by Crippen LogP contribution is -2.25. The number of hydrogen-bond donors (Lipinski definition) is 2. The molecule has 1 heterocycles. The van der Waals surface area contributed by atoms with E-state index in [-0.39, 0.29) is 17.6 Å². The third-order valence-corrected chi connectivity index (χ3v) is 10.4. The monoisotopic (exact) mass is 555 g/mol. The van der Waals surface area contributed by atoms with Gasteiger partial charge in [0, 0.05) is 26.4 Å². The molecule has 0 amide bonds. The Balaban J connectivity index is 1.48. The number of fused-ring (bicyclic) bond motifs is 1. The fourth-order valence-corrected chi connectivity index (χ4v) is 8.34. The van der Waals surface area contributed by atoms with Gasteiger partial charge in [0.1, 0.15) is 9.96 Å². The topological polar surface area (TPSA) is 92.7 Å². The second-order valence-electron chi connectivity index (χ2n) is 8.28. The van der Waals surface area contributed by atoms with Gasteiger partial charge in [-0.15, -0.1) is 23.1 Å². The first-order chi connectivity index (χ1) is 16.6. The first kappa shape index (κ1) is 27.8. The number of sulfone groups is 1. The van der Waals surface area contributed by atoms with Crippen LogP contribution in [0, 0.1) is 6.92 Å². The predicted molar refractivity (Wildman–Crippen MR) is 145 cm³/mol. The lowest BCUT2D eigenvalue weighted by Gasteiger charge is -2.14. The molecule has 35 heavy (non-hydrogen) atoms. The van der Waals surface area contributed by atoms with E-state index in [9.17, 15) is 13.2 Å². The molecule has 190 valence electrons. The third-order valence-electron chi connectivity index (χ3n) is 5.39. The summed E-state index contributed by atoms with van der Waals surface area (Å²) in [7, 11) is -3.36. The Labute approximate surface area is 219 Å². The maximum absolute atomic E-state index is 13.1. The van der Waals surface area contributed by atoms with Gasteiger partial charge in [-0.05, 0) is 79.2 Å². The zero-order chi connectivity index (χ0) is 25.6. The van der Waals surface area contributed by atoms with Gasteiger partial charge in [0.2, 0.25) is 0 Å². The number of thiophene rings is 1. The molecule has 3 aromatic rings. The Morgan fingerprint density at radius 3 is 2.71 bits per heavy atom. The molecular weight excluding hydrogens is 526 g/mol. The summed E-state index contributed by atoms with van der Waals surface area (Å²) in [6, 6.07) is 11.2. The van der Waals surface area contributed by atoms with Gasteiger partial charge in [-0.3, -0.25) is 0 Å². The number of rotatable bonds is 13. The number of hydrogen-bond acceptors (Lipinski definition) is 7. The third kappa shape index (κ3) is 7.60. The number of benzene rings is 2. The number of thioether (sulfide) groups is 1. The second kappa shape index (κ2) is 12.5.